The lowest BCUT2D eigenvalue weighted by atomic mass is 10.1. The second-order valence-corrected chi connectivity index (χ2v) is 3.01. The van der Waals surface area contributed by atoms with Gasteiger partial charge in [0.2, 0.25) is 5.82 Å². The maximum atomic E-state index is 10.6. The molecule has 0 spiro atoms. The highest BCUT2D eigenvalue weighted by Crippen LogP contribution is 2.15. The van der Waals surface area contributed by atoms with E-state index in [0.717, 1.165) is 0 Å². The number of carboxylic acid groups (broad SMARTS) is 1. The molecule has 0 aliphatic heterocycles. The molecule has 0 amide bonds. The number of benzene rings is 1. The van der Waals surface area contributed by atoms with Crippen LogP contribution in [0.4, 0.5) is 0 Å². The Bertz CT molecular complexity index is 583. The topological polar surface area (TPSA) is 103 Å². The lowest BCUT2D eigenvalue weighted by molar-refractivity contribution is 0.0684. The van der Waals surface area contributed by atoms with E-state index in [9.17, 15) is 4.79 Å². The Hall–Kier alpha value is -2.68. The van der Waals surface area contributed by atoms with Gasteiger partial charge >= 0.3 is 5.97 Å². The largest absolute Gasteiger partial charge is 0.475 e. The molecule has 0 saturated heterocycles. The molecule has 6 heteroatoms. The summed E-state index contributed by atoms with van der Waals surface area (Å²) in [6.45, 7) is 0. The summed E-state index contributed by atoms with van der Waals surface area (Å²) in [5.74, 6) is -1.14. The van der Waals surface area contributed by atoms with Crippen molar-refractivity contribution in [2.24, 2.45) is 0 Å². The molecule has 0 atom stereocenters. The number of H-pyrrole nitrogens is 1. The van der Waals surface area contributed by atoms with Crippen LogP contribution in [0, 0.1) is 11.3 Å². The highest BCUT2D eigenvalue weighted by molar-refractivity contribution is 5.83. The smallest absolute Gasteiger partial charge is 0.373 e. The van der Waals surface area contributed by atoms with Gasteiger partial charge in [0.05, 0.1) is 11.6 Å². The number of aromatic amines is 1. The number of nitriles is 1. The van der Waals surface area contributed by atoms with Crippen LogP contribution >= 0.6 is 0 Å². The minimum absolute atomic E-state index is 0.225. The summed E-state index contributed by atoms with van der Waals surface area (Å²) >= 11 is 0. The number of nitrogens with zero attached hydrogens (tertiary/aromatic N) is 3. The Labute approximate surface area is 90.2 Å². The fourth-order valence-corrected chi connectivity index (χ4v) is 1.21. The number of carboxylic acids is 1. The van der Waals surface area contributed by atoms with E-state index < -0.39 is 5.97 Å². The van der Waals surface area contributed by atoms with Crippen LogP contribution in [0.25, 0.3) is 11.4 Å². The van der Waals surface area contributed by atoms with Crippen LogP contribution in [-0.2, 0) is 0 Å². The molecule has 0 saturated carbocycles. The number of aromatic nitrogens is 3. The van der Waals surface area contributed by atoms with E-state index in [2.05, 4.69) is 15.2 Å². The Morgan fingerprint density at radius 3 is 2.94 bits per heavy atom. The highest BCUT2D eigenvalue weighted by Gasteiger charge is 2.11. The molecule has 1 aromatic heterocycles. The Kier molecular flexibility index (Phi) is 2.36. The van der Waals surface area contributed by atoms with Gasteiger partial charge in [0.15, 0.2) is 5.82 Å². The first-order chi connectivity index (χ1) is 7.70. The van der Waals surface area contributed by atoms with Crippen LogP contribution in [0.2, 0.25) is 0 Å². The predicted octanol–water partition coefficient (Wildman–Crippen LogP) is 1.04. The van der Waals surface area contributed by atoms with Crippen LogP contribution in [0.15, 0.2) is 24.3 Å². The van der Waals surface area contributed by atoms with Crippen molar-refractivity contribution in [3.8, 4) is 17.5 Å². The Morgan fingerprint density at radius 1 is 1.50 bits per heavy atom. The standard InChI is InChI=1S/C10H6N4O2/c11-5-6-2-1-3-7(4-6)8-12-9(10(15)16)14-13-8/h1-4H,(H,15,16)(H,12,13,14). The summed E-state index contributed by atoms with van der Waals surface area (Å²) < 4.78 is 0. The van der Waals surface area contributed by atoms with Gasteiger partial charge in [0, 0.05) is 5.56 Å². The SMILES string of the molecule is N#Cc1cccc(-c2n[nH]c(C(=O)O)n2)c1. The van der Waals surface area contributed by atoms with E-state index >= 15 is 0 Å². The van der Waals surface area contributed by atoms with Gasteiger partial charge in [-0.05, 0) is 12.1 Å². The zero-order chi connectivity index (χ0) is 11.5. The first kappa shape index (κ1) is 9.86. The summed E-state index contributed by atoms with van der Waals surface area (Å²) in [7, 11) is 0. The molecule has 2 aromatic rings. The third-order valence-corrected chi connectivity index (χ3v) is 1.94. The van der Waals surface area contributed by atoms with Gasteiger partial charge in [-0.3, -0.25) is 5.10 Å². The lowest BCUT2D eigenvalue weighted by Gasteiger charge is -1.94. The number of hydrogen-bond acceptors (Lipinski definition) is 4. The van der Waals surface area contributed by atoms with E-state index in [-0.39, 0.29) is 11.6 Å². The maximum Gasteiger partial charge on any atom is 0.373 e. The average molecular weight is 214 g/mol. The van der Waals surface area contributed by atoms with E-state index in [4.69, 9.17) is 10.4 Å². The zero-order valence-corrected chi connectivity index (χ0v) is 8.01. The van der Waals surface area contributed by atoms with E-state index in [0.29, 0.717) is 11.1 Å². The normalized spacial score (nSPS) is 9.69. The van der Waals surface area contributed by atoms with E-state index in [1.54, 1.807) is 24.3 Å². The second-order valence-electron chi connectivity index (χ2n) is 3.01. The van der Waals surface area contributed by atoms with E-state index in [1.165, 1.54) is 0 Å². The number of nitrogens with one attached hydrogen (secondary N) is 1. The van der Waals surface area contributed by atoms with Gasteiger partial charge < -0.3 is 5.11 Å². The van der Waals surface area contributed by atoms with Gasteiger partial charge in [-0.25, -0.2) is 9.78 Å². The quantitative estimate of drug-likeness (QED) is 0.777. The Morgan fingerprint density at radius 2 is 2.31 bits per heavy atom. The van der Waals surface area contributed by atoms with E-state index in [1.807, 2.05) is 6.07 Å². The summed E-state index contributed by atoms with van der Waals surface area (Å²) in [5.41, 5.74) is 1.07. The van der Waals surface area contributed by atoms with Crippen LogP contribution in [-0.4, -0.2) is 26.3 Å². The molecule has 0 fully saturated rings. The molecule has 1 heterocycles. The predicted molar refractivity (Wildman–Crippen MR) is 53.5 cm³/mol. The minimum Gasteiger partial charge on any atom is -0.475 e. The zero-order valence-electron chi connectivity index (χ0n) is 8.01. The van der Waals surface area contributed by atoms with Crippen LogP contribution in [0.1, 0.15) is 16.2 Å². The average Bonchev–Trinajstić information content (AvgIpc) is 2.78. The molecule has 78 valence electrons. The molecule has 0 aliphatic rings. The molecule has 16 heavy (non-hydrogen) atoms. The molecular weight excluding hydrogens is 208 g/mol. The fourth-order valence-electron chi connectivity index (χ4n) is 1.21. The summed E-state index contributed by atoms with van der Waals surface area (Å²) in [5, 5.41) is 23.4. The molecule has 0 unspecified atom stereocenters. The molecule has 2 N–H and O–H groups in total. The van der Waals surface area contributed by atoms with Gasteiger partial charge in [-0.15, -0.1) is 0 Å². The van der Waals surface area contributed by atoms with Crippen molar-refractivity contribution in [3.05, 3.63) is 35.7 Å². The molecule has 6 nitrogen and oxygen atoms in total. The number of carbonyl (C=O) groups is 1. The maximum absolute atomic E-state index is 10.6. The molecule has 2 rings (SSSR count). The molecule has 1 aromatic carbocycles. The highest BCUT2D eigenvalue weighted by atomic mass is 16.4. The van der Waals surface area contributed by atoms with Gasteiger partial charge in [-0.1, -0.05) is 12.1 Å². The molecule has 0 aliphatic carbocycles. The summed E-state index contributed by atoms with van der Waals surface area (Å²) in [6, 6.07) is 8.61. The first-order valence-corrected chi connectivity index (χ1v) is 4.37. The summed E-state index contributed by atoms with van der Waals surface area (Å²) in [4.78, 5) is 14.4. The van der Waals surface area contributed by atoms with Gasteiger partial charge in [0.1, 0.15) is 0 Å². The van der Waals surface area contributed by atoms with Crippen LogP contribution in [0.5, 0.6) is 0 Å². The third kappa shape index (κ3) is 1.74. The number of hydrogen-bond donors (Lipinski definition) is 2. The van der Waals surface area contributed by atoms with Gasteiger partial charge in [0.25, 0.3) is 0 Å². The van der Waals surface area contributed by atoms with Gasteiger partial charge in [-0.2, -0.15) is 10.4 Å². The van der Waals surface area contributed by atoms with Crippen molar-refractivity contribution in [1.82, 2.24) is 15.2 Å². The van der Waals surface area contributed by atoms with Crippen molar-refractivity contribution < 1.29 is 9.90 Å². The van der Waals surface area contributed by atoms with Crippen molar-refractivity contribution in [2.45, 2.75) is 0 Å². The molecular formula is C10H6N4O2. The number of rotatable bonds is 2. The monoisotopic (exact) mass is 214 g/mol. The fraction of sp³-hybridized carbons (Fsp3) is 0. The van der Waals surface area contributed by atoms with Crippen molar-refractivity contribution >= 4 is 5.97 Å². The van der Waals surface area contributed by atoms with Crippen molar-refractivity contribution in [3.63, 3.8) is 0 Å². The van der Waals surface area contributed by atoms with Crippen LogP contribution in [0.3, 0.4) is 0 Å². The van der Waals surface area contributed by atoms with Crippen molar-refractivity contribution in [1.29, 1.82) is 5.26 Å². The second kappa shape index (κ2) is 3.82. The summed E-state index contributed by atoms with van der Waals surface area (Å²) in [6.07, 6.45) is 0. The van der Waals surface area contributed by atoms with Crippen molar-refractivity contribution in [2.75, 3.05) is 0 Å². The third-order valence-electron chi connectivity index (χ3n) is 1.94. The van der Waals surface area contributed by atoms with Crippen LogP contribution < -0.4 is 0 Å². The molecule has 0 radical (unpaired) electrons. The first-order valence-electron chi connectivity index (χ1n) is 4.37. The Balaban J connectivity index is 2.43. The molecule has 0 bridgehead atoms. The lowest BCUT2D eigenvalue weighted by Crippen LogP contribution is -1.98. The number of aromatic carboxylic acids is 1. The minimum atomic E-state index is -1.17.